The molecular formula is C28H34O3Si. The molecule has 0 radical (unpaired) electrons. The third-order valence-electron chi connectivity index (χ3n) is 5.78. The molecule has 2 atom stereocenters. The molecule has 0 heterocycles. The summed E-state index contributed by atoms with van der Waals surface area (Å²) in [6.45, 7) is 11.1. The number of aliphatic hydroxyl groups excluding tert-OH is 1. The van der Waals surface area contributed by atoms with Gasteiger partial charge >= 0.3 is 0 Å². The van der Waals surface area contributed by atoms with Crippen molar-refractivity contribution >= 4 is 18.7 Å². The van der Waals surface area contributed by atoms with E-state index in [9.17, 15) is 5.11 Å². The Labute approximate surface area is 193 Å². The average molecular weight is 447 g/mol. The van der Waals surface area contributed by atoms with Gasteiger partial charge in [-0.1, -0.05) is 118 Å². The van der Waals surface area contributed by atoms with Crippen LogP contribution in [0.5, 0.6) is 0 Å². The van der Waals surface area contributed by atoms with Crippen LogP contribution in [0.3, 0.4) is 0 Å². The van der Waals surface area contributed by atoms with Crippen molar-refractivity contribution in [1.29, 1.82) is 0 Å². The van der Waals surface area contributed by atoms with E-state index in [1.54, 1.807) is 6.08 Å². The second kappa shape index (κ2) is 10.9. The highest BCUT2D eigenvalue weighted by atomic mass is 28.4. The fourth-order valence-corrected chi connectivity index (χ4v) is 8.75. The Kier molecular flexibility index (Phi) is 8.21. The number of benzene rings is 3. The molecule has 0 aliphatic rings. The molecule has 32 heavy (non-hydrogen) atoms. The summed E-state index contributed by atoms with van der Waals surface area (Å²) in [6.07, 6.45) is 0.314. The van der Waals surface area contributed by atoms with Gasteiger partial charge in [-0.25, -0.2) is 0 Å². The molecule has 3 nitrogen and oxygen atoms in total. The largest absolute Gasteiger partial charge is 0.405 e. The van der Waals surface area contributed by atoms with Gasteiger partial charge in [0.1, 0.15) is 12.2 Å². The van der Waals surface area contributed by atoms with Crippen LogP contribution in [0.4, 0.5) is 0 Å². The maximum atomic E-state index is 11.0. The van der Waals surface area contributed by atoms with Crippen molar-refractivity contribution in [3.8, 4) is 0 Å². The van der Waals surface area contributed by atoms with Crippen LogP contribution in [0.1, 0.15) is 26.3 Å². The molecule has 3 aromatic rings. The Morgan fingerprint density at radius 2 is 1.31 bits per heavy atom. The Hall–Kier alpha value is -2.50. The van der Waals surface area contributed by atoms with Gasteiger partial charge in [0.05, 0.1) is 13.2 Å². The van der Waals surface area contributed by atoms with Gasteiger partial charge in [0, 0.05) is 0 Å². The first-order valence-corrected chi connectivity index (χ1v) is 13.0. The first-order valence-electron chi connectivity index (χ1n) is 11.1. The van der Waals surface area contributed by atoms with Gasteiger partial charge in [-0.2, -0.15) is 0 Å². The number of hydrogen-bond donors (Lipinski definition) is 1. The van der Waals surface area contributed by atoms with Crippen molar-refractivity contribution in [1.82, 2.24) is 0 Å². The third-order valence-corrected chi connectivity index (χ3v) is 10.8. The number of hydrogen-bond acceptors (Lipinski definition) is 3. The summed E-state index contributed by atoms with van der Waals surface area (Å²) < 4.78 is 12.8. The van der Waals surface area contributed by atoms with Gasteiger partial charge in [0.15, 0.2) is 0 Å². The van der Waals surface area contributed by atoms with E-state index in [0.717, 1.165) is 5.56 Å². The Balaban J connectivity index is 1.85. The molecule has 0 aromatic heterocycles. The lowest BCUT2D eigenvalue weighted by atomic mass is 10.2. The minimum Gasteiger partial charge on any atom is -0.405 e. The average Bonchev–Trinajstić information content (AvgIpc) is 2.81. The van der Waals surface area contributed by atoms with E-state index in [4.69, 9.17) is 9.16 Å². The van der Waals surface area contributed by atoms with Gasteiger partial charge in [0.2, 0.25) is 0 Å². The van der Waals surface area contributed by atoms with E-state index in [-0.39, 0.29) is 11.6 Å². The van der Waals surface area contributed by atoms with Gasteiger partial charge < -0.3 is 14.3 Å². The van der Waals surface area contributed by atoms with E-state index in [1.807, 2.05) is 42.5 Å². The van der Waals surface area contributed by atoms with Crippen molar-refractivity contribution in [3.05, 3.63) is 109 Å². The lowest BCUT2D eigenvalue weighted by Gasteiger charge is -2.43. The maximum absolute atomic E-state index is 11.0. The molecule has 0 unspecified atom stereocenters. The molecule has 3 rings (SSSR count). The Bertz CT molecular complexity index is 913. The molecule has 0 amide bonds. The van der Waals surface area contributed by atoms with Crippen LogP contribution >= 0.6 is 0 Å². The lowest BCUT2D eigenvalue weighted by Crippen LogP contribution is -2.67. The highest BCUT2D eigenvalue weighted by molar-refractivity contribution is 6.99. The monoisotopic (exact) mass is 446 g/mol. The Morgan fingerprint density at radius 1 is 0.844 bits per heavy atom. The summed E-state index contributed by atoms with van der Waals surface area (Å²) >= 11 is 0. The van der Waals surface area contributed by atoms with Crippen LogP contribution in [0.15, 0.2) is 104 Å². The van der Waals surface area contributed by atoms with E-state index in [0.29, 0.717) is 6.61 Å². The highest BCUT2D eigenvalue weighted by Gasteiger charge is 2.50. The fourth-order valence-electron chi connectivity index (χ4n) is 4.17. The van der Waals surface area contributed by atoms with Crippen molar-refractivity contribution in [3.63, 3.8) is 0 Å². The van der Waals surface area contributed by atoms with Gasteiger partial charge in [0.25, 0.3) is 8.32 Å². The Morgan fingerprint density at radius 3 is 1.75 bits per heavy atom. The molecule has 0 fully saturated rings. The van der Waals surface area contributed by atoms with Gasteiger partial charge in [-0.05, 0) is 21.0 Å². The zero-order chi connectivity index (χ0) is 23.0. The molecule has 0 bridgehead atoms. The molecule has 0 saturated heterocycles. The smallest absolute Gasteiger partial charge is 0.261 e. The van der Waals surface area contributed by atoms with Crippen molar-refractivity contribution in [2.75, 3.05) is 6.61 Å². The molecule has 0 aliphatic heterocycles. The third kappa shape index (κ3) is 5.45. The molecule has 4 heteroatoms. The molecular weight excluding hydrogens is 412 g/mol. The van der Waals surface area contributed by atoms with E-state index in [2.05, 4.69) is 75.9 Å². The van der Waals surface area contributed by atoms with Crippen LogP contribution in [0.25, 0.3) is 0 Å². The van der Waals surface area contributed by atoms with Gasteiger partial charge in [-0.3, -0.25) is 0 Å². The van der Waals surface area contributed by atoms with Crippen LogP contribution in [-0.4, -0.2) is 32.2 Å². The number of ether oxygens (including phenoxy) is 1. The summed E-state index contributed by atoms with van der Waals surface area (Å²) in [5.41, 5.74) is 1.06. The van der Waals surface area contributed by atoms with Crippen LogP contribution in [0, 0.1) is 0 Å². The predicted octanol–water partition coefficient (Wildman–Crippen LogP) is 4.70. The normalized spacial score (nSPS) is 14.0. The SMILES string of the molecule is C=C[C@@H](OCc1ccccc1)[C@H](O)CO[Si](c1ccccc1)(c1ccccc1)C(C)(C)C. The number of aliphatic hydroxyl groups is 1. The summed E-state index contributed by atoms with van der Waals surface area (Å²) in [5.74, 6) is 0. The fraction of sp³-hybridized carbons (Fsp3) is 0.286. The predicted molar refractivity (Wildman–Crippen MR) is 135 cm³/mol. The molecule has 0 saturated carbocycles. The quantitative estimate of drug-likeness (QED) is 0.363. The molecule has 3 aromatic carbocycles. The molecule has 0 spiro atoms. The molecule has 1 N–H and O–H groups in total. The van der Waals surface area contributed by atoms with E-state index in [1.165, 1.54) is 10.4 Å². The second-order valence-electron chi connectivity index (χ2n) is 9.04. The lowest BCUT2D eigenvalue weighted by molar-refractivity contribution is -0.0375. The van der Waals surface area contributed by atoms with Crippen molar-refractivity contribution in [2.45, 2.75) is 44.6 Å². The van der Waals surface area contributed by atoms with E-state index >= 15 is 0 Å². The summed E-state index contributed by atoms with van der Waals surface area (Å²) in [5, 5.41) is 13.2. The minimum absolute atomic E-state index is 0.149. The molecule has 0 aliphatic carbocycles. The zero-order valence-corrected chi connectivity index (χ0v) is 20.3. The summed E-state index contributed by atoms with van der Waals surface area (Å²) in [4.78, 5) is 0. The van der Waals surface area contributed by atoms with Crippen LogP contribution in [-0.2, 0) is 15.8 Å². The summed E-state index contributed by atoms with van der Waals surface area (Å²) in [6, 6.07) is 30.8. The topological polar surface area (TPSA) is 38.7 Å². The molecule has 168 valence electrons. The first-order chi connectivity index (χ1) is 15.4. The van der Waals surface area contributed by atoms with Crippen LogP contribution < -0.4 is 10.4 Å². The first kappa shape index (κ1) is 24.1. The highest BCUT2D eigenvalue weighted by Crippen LogP contribution is 2.36. The maximum Gasteiger partial charge on any atom is 0.261 e. The summed E-state index contributed by atoms with van der Waals surface area (Å²) in [7, 11) is -2.71. The zero-order valence-electron chi connectivity index (χ0n) is 19.3. The van der Waals surface area contributed by atoms with Crippen molar-refractivity contribution in [2.24, 2.45) is 0 Å². The standard InChI is InChI=1S/C28H34O3Si/c1-5-27(30-21-23-15-9-6-10-16-23)26(29)22-31-32(28(2,3)4,24-17-11-7-12-18-24)25-19-13-8-14-20-25/h5-20,26-27,29H,1,21-22H2,2-4H3/t26-,27-/m1/s1. The van der Waals surface area contributed by atoms with Gasteiger partial charge in [-0.15, -0.1) is 6.58 Å². The van der Waals surface area contributed by atoms with Crippen LogP contribution in [0.2, 0.25) is 5.04 Å². The number of rotatable bonds is 10. The second-order valence-corrected chi connectivity index (χ2v) is 13.3. The minimum atomic E-state index is -2.71. The van der Waals surface area contributed by atoms with Crippen molar-refractivity contribution < 1.29 is 14.3 Å². The van der Waals surface area contributed by atoms with E-state index < -0.39 is 20.5 Å².